The number of halogens is 2. The Hall–Kier alpha value is -2.93. The van der Waals surface area contributed by atoms with E-state index < -0.39 is 0 Å². The van der Waals surface area contributed by atoms with Crippen molar-refractivity contribution in [1.82, 2.24) is 20.4 Å². The van der Waals surface area contributed by atoms with Crippen molar-refractivity contribution in [2.24, 2.45) is 0 Å². The number of aromatic nitrogens is 4. The summed E-state index contributed by atoms with van der Waals surface area (Å²) in [5.74, 6) is 0.0411. The molecule has 0 saturated heterocycles. The molecule has 25 heavy (non-hydrogen) atoms. The molecule has 0 aliphatic carbocycles. The summed E-state index contributed by atoms with van der Waals surface area (Å²) >= 11 is 6.23. The van der Waals surface area contributed by atoms with Crippen LogP contribution in [0.1, 0.15) is 18.5 Å². The number of benzene rings is 2. The van der Waals surface area contributed by atoms with Gasteiger partial charge < -0.3 is 9.73 Å². The maximum absolute atomic E-state index is 13.3. The molecule has 0 aliphatic rings. The third-order valence-corrected chi connectivity index (χ3v) is 4.16. The van der Waals surface area contributed by atoms with Crippen LogP contribution in [0.2, 0.25) is 5.02 Å². The fourth-order valence-corrected chi connectivity index (χ4v) is 2.85. The first kappa shape index (κ1) is 15.6. The number of hydrogen-bond donors (Lipinski definition) is 2. The summed E-state index contributed by atoms with van der Waals surface area (Å²) in [7, 11) is 0. The quantitative estimate of drug-likeness (QED) is 0.559. The van der Waals surface area contributed by atoms with E-state index in [1.807, 2.05) is 19.1 Å². The molecule has 2 aromatic heterocycles. The van der Waals surface area contributed by atoms with Crippen LogP contribution in [0.4, 0.5) is 10.4 Å². The average Bonchev–Trinajstić information content (AvgIpc) is 3.24. The van der Waals surface area contributed by atoms with Gasteiger partial charge in [-0.25, -0.2) is 4.39 Å². The van der Waals surface area contributed by atoms with Gasteiger partial charge in [-0.05, 0) is 36.8 Å². The lowest BCUT2D eigenvalue weighted by atomic mass is 10.1. The van der Waals surface area contributed by atoms with E-state index >= 15 is 0 Å². The molecule has 0 spiro atoms. The molecule has 2 N–H and O–H groups in total. The molecule has 1 atom stereocenters. The van der Waals surface area contributed by atoms with Gasteiger partial charge >= 0.3 is 6.01 Å². The number of aromatic amines is 1. The summed E-state index contributed by atoms with van der Waals surface area (Å²) in [6, 6.07) is 9.99. The van der Waals surface area contributed by atoms with E-state index in [-0.39, 0.29) is 17.9 Å². The largest absolute Gasteiger partial charge is 0.403 e. The molecule has 4 aromatic rings. The standard InChI is InChI=1S/C17H13ClFN5O/c1-9(10-3-2-4-13(19)6-10)21-17-24-23-16(25-17)11-5-12-8-20-22-15(12)14(18)7-11/h2-9H,1H3,(H,20,22)(H,21,24). The van der Waals surface area contributed by atoms with Gasteiger partial charge in [-0.1, -0.05) is 28.8 Å². The Labute approximate surface area is 147 Å². The molecule has 6 nitrogen and oxygen atoms in total. The predicted octanol–water partition coefficient (Wildman–Crippen LogP) is 4.58. The zero-order valence-electron chi connectivity index (χ0n) is 13.1. The summed E-state index contributed by atoms with van der Waals surface area (Å²) < 4.78 is 19.0. The molecular weight excluding hydrogens is 345 g/mol. The minimum absolute atomic E-state index is 0.191. The van der Waals surface area contributed by atoms with Gasteiger partial charge in [-0.15, -0.1) is 5.10 Å². The van der Waals surface area contributed by atoms with Crippen molar-refractivity contribution < 1.29 is 8.81 Å². The number of nitrogens with zero attached hydrogens (tertiary/aromatic N) is 3. The fourth-order valence-electron chi connectivity index (χ4n) is 2.58. The van der Waals surface area contributed by atoms with E-state index in [1.165, 1.54) is 12.1 Å². The maximum Gasteiger partial charge on any atom is 0.316 e. The van der Waals surface area contributed by atoms with Crippen LogP contribution in [0.25, 0.3) is 22.4 Å². The van der Waals surface area contributed by atoms with Gasteiger partial charge in [0, 0.05) is 10.9 Å². The molecule has 2 heterocycles. The van der Waals surface area contributed by atoms with E-state index in [9.17, 15) is 4.39 Å². The zero-order chi connectivity index (χ0) is 17.4. The smallest absolute Gasteiger partial charge is 0.316 e. The molecular formula is C17H13ClFN5O. The minimum Gasteiger partial charge on any atom is -0.403 e. The van der Waals surface area contributed by atoms with Crippen LogP contribution in [0.5, 0.6) is 0 Å². The molecule has 0 bridgehead atoms. The first-order valence-electron chi connectivity index (χ1n) is 7.58. The molecule has 1 unspecified atom stereocenters. The van der Waals surface area contributed by atoms with E-state index in [0.29, 0.717) is 16.5 Å². The van der Waals surface area contributed by atoms with Crippen LogP contribution in [-0.4, -0.2) is 20.4 Å². The summed E-state index contributed by atoms with van der Waals surface area (Å²) in [5.41, 5.74) is 2.23. The number of nitrogens with one attached hydrogen (secondary N) is 2. The fraction of sp³-hybridized carbons (Fsp3) is 0.118. The van der Waals surface area contributed by atoms with Crippen LogP contribution in [-0.2, 0) is 0 Å². The Morgan fingerprint density at radius 2 is 2.12 bits per heavy atom. The van der Waals surface area contributed by atoms with Gasteiger partial charge in [0.1, 0.15) is 5.82 Å². The van der Waals surface area contributed by atoms with Gasteiger partial charge in [0.2, 0.25) is 5.89 Å². The van der Waals surface area contributed by atoms with E-state index in [1.54, 1.807) is 18.3 Å². The van der Waals surface area contributed by atoms with Crippen molar-refractivity contribution in [3.8, 4) is 11.5 Å². The molecule has 0 saturated carbocycles. The Balaban J connectivity index is 1.59. The highest BCUT2D eigenvalue weighted by atomic mass is 35.5. The number of H-pyrrole nitrogens is 1. The summed E-state index contributed by atoms with van der Waals surface area (Å²) in [6.07, 6.45) is 1.67. The van der Waals surface area contributed by atoms with Gasteiger partial charge in [0.15, 0.2) is 0 Å². The minimum atomic E-state index is -0.291. The Bertz CT molecular complexity index is 1040. The highest BCUT2D eigenvalue weighted by Crippen LogP contribution is 2.30. The van der Waals surface area contributed by atoms with Gasteiger partial charge in [-0.2, -0.15) is 5.10 Å². The summed E-state index contributed by atoms with van der Waals surface area (Å²) in [6.45, 7) is 1.88. The lowest BCUT2D eigenvalue weighted by molar-refractivity contribution is 0.572. The molecule has 8 heteroatoms. The lowest BCUT2D eigenvalue weighted by Gasteiger charge is -2.11. The van der Waals surface area contributed by atoms with Crippen LogP contribution >= 0.6 is 11.6 Å². The van der Waals surface area contributed by atoms with Crippen molar-refractivity contribution in [3.63, 3.8) is 0 Å². The Morgan fingerprint density at radius 1 is 1.24 bits per heavy atom. The normalized spacial score (nSPS) is 12.4. The van der Waals surface area contributed by atoms with Crippen molar-refractivity contribution in [1.29, 1.82) is 0 Å². The number of fused-ring (bicyclic) bond motifs is 1. The Morgan fingerprint density at radius 3 is 2.96 bits per heavy atom. The van der Waals surface area contributed by atoms with Crippen molar-refractivity contribution in [3.05, 3.63) is 59.0 Å². The number of anilines is 1. The molecule has 0 fully saturated rings. The van der Waals surface area contributed by atoms with E-state index in [0.717, 1.165) is 16.5 Å². The SMILES string of the molecule is CC(Nc1nnc(-c2cc(Cl)c3[nH]ncc3c2)o1)c1cccc(F)c1. The monoisotopic (exact) mass is 357 g/mol. The first-order valence-corrected chi connectivity index (χ1v) is 7.96. The molecule has 2 aromatic carbocycles. The second-order valence-electron chi connectivity index (χ2n) is 5.63. The molecule has 126 valence electrons. The third kappa shape index (κ3) is 3.06. The van der Waals surface area contributed by atoms with Crippen LogP contribution in [0.3, 0.4) is 0 Å². The highest BCUT2D eigenvalue weighted by Gasteiger charge is 2.14. The second kappa shape index (κ2) is 6.18. The van der Waals surface area contributed by atoms with Crippen LogP contribution in [0.15, 0.2) is 47.0 Å². The average molecular weight is 358 g/mol. The van der Waals surface area contributed by atoms with Gasteiger partial charge in [-0.3, -0.25) is 5.10 Å². The lowest BCUT2D eigenvalue weighted by Crippen LogP contribution is -2.07. The zero-order valence-corrected chi connectivity index (χ0v) is 13.9. The maximum atomic E-state index is 13.3. The predicted molar refractivity (Wildman–Crippen MR) is 92.8 cm³/mol. The first-order chi connectivity index (χ1) is 12.1. The van der Waals surface area contributed by atoms with Crippen LogP contribution < -0.4 is 5.32 Å². The summed E-state index contributed by atoms with van der Waals surface area (Å²) in [5, 5.41) is 19.3. The molecule has 0 amide bonds. The highest BCUT2D eigenvalue weighted by molar-refractivity contribution is 6.35. The van der Waals surface area contributed by atoms with Crippen molar-refractivity contribution >= 4 is 28.5 Å². The number of hydrogen-bond acceptors (Lipinski definition) is 5. The summed E-state index contributed by atoms with van der Waals surface area (Å²) in [4.78, 5) is 0. The van der Waals surface area contributed by atoms with E-state index in [2.05, 4.69) is 25.7 Å². The Kier molecular flexibility index (Phi) is 3.85. The van der Waals surface area contributed by atoms with Crippen LogP contribution in [0, 0.1) is 5.82 Å². The molecule has 4 rings (SSSR count). The topological polar surface area (TPSA) is 79.6 Å². The van der Waals surface area contributed by atoms with Crippen molar-refractivity contribution in [2.45, 2.75) is 13.0 Å². The van der Waals surface area contributed by atoms with Gasteiger partial charge in [0.25, 0.3) is 0 Å². The molecule has 0 aliphatic heterocycles. The van der Waals surface area contributed by atoms with Crippen molar-refractivity contribution in [2.75, 3.05) is 5.32 Å². The number of rotatable bonds is 4. The third-order valence-electron chi connectivity index (χ3n) is 3.86. The van der Waals surface area contributed by atoms with E-state index in [4.69, 9.17) is 16.0 Å². The van der Waals surface area contributed by atoms with Gasteiger partial charge in [0.05, 0.1) is 22.8 Å². The second-order valence-corrected chi connectivity index (χ2v) is 6.03. The molecule has 0 radical (unpaired) electrons.